The minimum atomic E-state index is -0.354. The van der Waals surface area contributed by atoms with Gasteiger partial charge in [0.15, 0.2) is 0 Å². The number of aromatic amines is 2. The van der Waals surface area contributed by atoms with E-state index in [1.165, 1.54) is 11.8 Å². The van der Waals surface area contributed by atoms with Crippen molar-refractivity contribution < 1.29 is 4.79 Å². The maximum absolute atomic E-state index is 12.5. The average Bonchev–Trinajstić information content (AvgIpc) is 2.81. The lowest BCUT2D eigenvalue weighted by Crippen LogP contribution is -2.34. The van der Waals surface area contributed by atoms with Crippen LogP contribution >= 0.6 is 11.6 Å². The highest BCUT2D eigenvalue weighted by Crippen LogP contribution is 2.28. The minimum Gasteiger partial charge on any atom is -0.337 e. The fraction of sp³-hybridized carbons (Fsp3) is 0.375. The van der Waals surface area contributed by atoms with Crippen LogP contribution in [0.3, 0.4) is 0 Å². The zero-order chi connectivity index (χ0) is 15.5. The van der Waals surface area contributed by atoms with Gasteiger partial charge in [0.1, 0.15) is 5.69 Å². The molecule has 0 aliphatic carbocycles. The number of likely N-dealkylation sites (tertiary alicyclic amines) is 1. The second-order valence-corrected chi connectivity index (χ2v) is 6.09. The van der Waals surface area contributed by atoms with Crippen LogP contribution in [0.15, 0.2) is 35.3 Å². The molecule has 2 aromatic rings. The lowest BCUT2D eigenvalue weighted by Gasteiger charge is -2.24. The zero-order valence-corrected chi connectivity index (χ0v) is 12.9. The van der Waals surface area contributed by atoms with Crippen LogP contribution < -0.4 is 5.69 Å². The van der Waals surface area contributed by atoms with Crippen molar-refractivity contribution in [1.29, 1.82) is 0 Å². The largest absolute Gasteiger partial charge is 0.337 e. The van der Waals surface area contributed by atoms with Crippen LogP contribution in [0, 0.1) is 0 Å². The number of nitrogens with zero attached hydrogens (tertiary/aromatic N) is 1. The molecule has 0 radical (unpaired) electrons. The van der Waals surface area contributed by atoms with Crippen LogP contribution in [0.2, 0.25) is 5.02 Å². The monoisotopic (exact) mass is 319 g/mol. The Hall–Kier alpha value is -2.01. The predicted molar refractivity (Wildman–Crippen MR) is 85.4 cm³/mol. The molecule has 2 heterocycles. The van der Waals surface area contributed by atoms with Gasteiger partial charge in [0.25, 0.3) is 5.91 Å². The summed E-state index contributed by atoms with van der Waals surface area (Å²) in [5, 5.41) is 0.718. The maximum Gasteiger partial charge on any atom is 0.323 e. The molecule has 0 bridgehead atoms. The third-order valence-corrected chi connectivity index (χ3v) is 4.38. The molecule has 5 nitrogen and oxygen atoms in total. The molecule has 116 valence electrons. The van der Waals surface area contributed by atoms with Crippen molar-refractivity contribution in [2.45, 2.75) is 25.2 Å². The standard InChI is InChI=1S/C16H18ClN3O2/c17-13-6-4-11(5-7-13)12-3-1-2-8-20(10-12)15(21)14-9-18-16(22)19-14/h4-7,9,12H,1-3,8,10H2,(H2,18,19,22). The normalized spacial score (nSPS) is 19.0. The molecule has 1 unspecified atom stereocenters. The van der Waals surface area contributed by atoms with E-state index < -0.39 is 0 Å². The summed E-state index contributed by atoms with van der Waals surface area (Å²) in [4.78, 5) is 30.5. The van der Waals surface area contributed by atoms with Crippen molar-refractivity contribution in [3.05, 3.63) is 57.2 Å². The Morgan fingerprint density at radius 3 is 2.68 bits per heavy atom. The van der Waals surface area contributed by atoms with Crippen LogP contribution in [0.1, 0.15) is 41.2 Å². The highest BCUT2D eigenvalue weighted by Gasteiger charge is 2.24. The number of amides is 1. The summed E-state index contributed by atoms with van der Waals surface area (Å²) in [7, 11) is 0. The van der Waals surface area contributed by atoms with Crippen LogP contribution in [-0.4, -0.2) is 33.9 Å². The Kier molecular flexibility index (Phi) is 4.34. The van der Waals surface area contributed by atoms with Gasteiger partial charge < -0.3 is 14.9 Å². The van der Waals surface area contributed by atoms with Crippen LogP contribution in [0.5, 0.6) is 0 Å². The number of H-pyrrole nitrogens is 2. The van der Waals surface area contributed by atoms with Gasteiger partial charge in [-0.3, -0.25) is 4.79 Å². The van der Waals surface area contributed by atoms with E-state index in [0.29, 0.717) is 18.2 Å². The highest BCUT2D eigenvalue weighted by atomic mass is 35.5. The first kappa shape index (κ1) is 14.9. The number of aromatic nitrogens is 2. The number of rotatable bonds is 2. The second-order valence-electron chi connectivity index (χ2n) is 5.65. The Balaban J connectivity index is 1.79. The van der Waals surface area contributed by atoms with Gasteiger partial charge in [0.2, 0.25) is 0 Å². The Labute approximate surface area is 133 Å². The molecule has 1 aliphatic heterocycles. The second kappa shape index (κ2) is 6.40. The molecular formula is C16H18ClN3O2. The van der Waals surface area contributed by atoms with Gasteiger partial charge in [-0.15, -0.1) is 0 Å². The number of carbonyl (C=O) groups is 1. The molecule has 1 aromatic heterocycles. The summed E-state index contributed by atoms with van der Waals surface area (Å²) in [5.74, 6) is 0.175. The smallest absolute Gasteiger partial charge is 0.323 e. The molecule has 1 atom stereocenters. The quantitative estimate of drug-likeness (QED) is 0.893. The van der Waals surface area contributed by atoms with Crippen molar-refractivity contribution in [3.63, 3.8) is 0 Å². The van der Waals surface area contributed by atoms with Crippen molar-refractivity contribution in [1.82, 2.24) is 14.9 Å². The first-order chi connectivity index (χ1) is 10.6. The molecule has 1 fully saturated rings. The van der Waals surface area contributed by atoms with Gasteiger partial charge in [-0.05, 0) is 30.5 Å². The number of hydrogen-bond acceptors (Lipinski definition) is 2. The van der Waals surface area contributed by atoms with Crippen LogP contribution in [0.25, 0.3) is 0 Å². The SMILES string of the molecule is O=C(c1c[nH]c(=O)[nH]1)N1CCCCC(c2ccc(Cl)cc2)C1. The predicted octanol–water partition coefficient (Wildman–Crippen LogP) is 2.77. The molecule has 1 amide bonds. The third kappa shape index (κ3) is 3.25. The Morgan fingerprint density at radius 1 is 1.23 bits per heavy atom. The summed E-state index contributed by atoms with van der Waals surface area (Å²) >= 11 is 5.94. The van der Waals surface area contributed by atoms with Crippen LogP contribution in [0.4, 0.5) is 0 Å². The number of nitrogens with one attached hydrogen (secondary N) is 2. The summed E-state index contributed by atoms with van der Waals surface area (Å²) in [6.45, 7) is 1.38. The molecular weight excluding hydrogens is 302 g/mol. The molecule has 3 rings (SSSR count). The molecule has 1 saturated heterocycles. The molecule has 6 heteroatoms. The van der Waals surface area contributed by atoms with Gasteiger partial charge in [-0.2, -0.15) is 0 Å². The molecule has 0 saturated carbocycles. The van der Waals surface area contributed by atoms with Gasteiger partial charge in [0.05, 0.1) is 0 Å². The van der Waals surface area contributed by atoms with E-state index in [4.69, 9.17) is 11.6 Å². The summed E-state index contributed by atoms with van der Waals surface area (Å²) in [5.41, 5.74) is 1.17. The first-order valence-electron chi connectivity index (χ1n) is 7.46. The molecule has 0 spiro atoms. The Morgan fingerprint density at radius 2 is 2.00 bits per heavy atom. The lowest BCUT2D eigenvalue weighted by molar-refractivity contribution is 0.0749. The summed E-state index contributed by atoms with van der Waals surface area (Å²) in [6, 6.07) is 7.83. The zero-order valence-electron chi connectivity index (χ0n) is 12.1. The summed E-state index contributed by atoms with van der Waals surface area (Å²) < 4.78 is 0. The minimum absolute atomic E-state index is 0.126. The van der Waals surface area contributed by atoms with Gasteiger partial charge in [0, 0.05) is 30.2 Å². The fourth-order valence-electron chi connectivity index (χ4n) is 2.95. The average molecular weight is 320 g/mol. The van der Waals surface area contributed by atoms with Gasteiger partial charge >= 0.3 is 5.69 Å². The molecule has 1 aromatic carbocycles. The number of carbonyl (C=O) groups excluding carboxylic acids is 1. The third-order valence-electron chi connectivity index (χ3n) is 4.13. The highest BCUT2D eigenvalue weighted by molar-refractivity contribution is 6.30. The van der Waals surface area contributed by atoms with Crippen molar-refractivity contribution >= 4 is 17.5 Å². The van der Waals surface area contributed by atoms with E-state index in [1.807, 2.05) is 29.2 Å². The van der Waals surface area contributed by atoms with Crippen molar-refractivity contribution in [3.8, 4) is 0 Å². The molecule has 22 heavy (non-hydrogen) atoms. The van der Waals surface area contributed by atoms with E-state index in [2.05, 4.69) is 9.97 Å². The Bertz CT molecular complexity index is 705. The molecule has 2 N–H and O–H groups in total. The topological polar surface area (TPSA) is 69.0 Å². The number of halogens is 1. The van der Waals surface area contributed by atoms with Crippen molar-refractivity contribution in [2.75, 3.05) is 13.1 Å². The number of imidazole rings is 1. The van der Waals surface area contributed by atoms with E-state index in [0.717, 1.165) is 30.8 Å². The lowest BCUT2D eigenvalue weighted by atomic mass is 9.94. The van der Waals surface area contributed by atoms with Crippen molar-refractivity contribution in [2.24, 2.45) is 0 Å². The number of hydrogen-bond donors (Lipinski definition) is 2. The van der Waals surface area contributed by atoms with Gasteiger partial charge in [-0.25, -0.2) is 4.79 Å². The van der Waals surface area contributed by atoms with Crippen LogP contribution in [-0.2, 0) is 0 Å². The molecule has 1 aliphatic rings. The maximum atomic E-state index is 12.5. The van der Waals surface area contributed by atoms with E-state index >= 15 is 0 Å². The van der Waals surface area contributed by atoms with Gasteiger partial charge in [-0.1, -0.05) is 30.2 Å². The first-order valence-corrected chi connectivity index (χ1v) is 7.84. The van der Waals surface area contributed by atoms with E-state index in [1.54, 1.807) is 0 Å². The number of benzene rings is 1. The summed E-state index contributed by atoms with van der Waals surface area (Å²) in [6.07, 6.45) is 4.55. The van der Waals surface area contributed by atoms with E-state index in [-0.39, 0.29) is 11.6 Å². The van der Waals surface area contributed by atoms with E-state index in [9.17, 15) is 9.59 Å². The fourth-order valence-corrected chi connectivity index (χ4v) is 3.08.